The summed E-state index contributed by atoms with van der Waals surface area (Å²) in [6.07, 6.45) is 1.64. The summed E-state index contributed by atoms with van der Waals surface area (Å²) in [6, 6.07) is 9.88. The minimum Gasteiger partial charge on any atom is -0.478 e. The summed E-state index contributed by atoms with van der Waals surface area (Å²) in [4.78, 5) is 14.9. The SMILES string of the molecule is Nc1ccc(C(=O)O)cc1Nc1ccccn1. The average molecular weight is 229 g/mol. The number of anilines is 3. The first-order chi connectivity index (χ1) is 8.16. The molecular weight excluding hydrogens is 218 g/mol. The molecule has 5 heteroatoms. The molecule has 0 amide bonds. The van der Waals surface area contributed by atoms with Crippen molar-refractivity contribution in [1.29, 1.82) is 0 Å². The van der Waals surface area contributed by atoms with Crippen LogP contribution < -0.4 is 11.1 Å². The van der Waals surface area contributed by atoms with E-state index in [0.29, 0.717) is 17.2 Å². The Morgan fingerprint density at radius 1 is 1.29 bits per heavy atom. The molecule has 5 nitrogen and oxygen atoms in total. The molecule has 0 aliphatic carbocycles. The minimum atomic E-state index is -0.992. The monoisotopic (exact) mass is 229 g/mol. The summed E-state index contributed by atoms with van der Waals surface area (Å²) in [5.74, 6) is -0.379. The molecule has 17 heavy (non-hydrogen) atoms. The van der Waals surface area contributed by atoms with Gasteiger partial charge in [-0.25, -0.2) is 9.78 Å². The highest BCUT2D eigenvalue weighted by Gasteiger charge is 2.06. The Morgan fingerprint density at radius 3 is 2.76 bits per heavy atom. The van der Waals surface area contributed by atoms with Gasteiger partial charge >= 0.3 is 5.97 Å². The van der Waals surface area contributed by atoms with Crippen LogP contribution in [0.4, 0.5) is 17.2 Å². The van der Waals surface area contributed by atoms with E-state index in [1.165, 1.54) is 12.1 Å². The molecule has 1 aromatic carbocycles. The third-order valence-electron chi connectivity index (χ3n) is 2.23. The van der Waals surface area contributed by atoms with Crippen LogP contribution in [0, 0.1) is 0 Å². The highest BCUT2D eigenvalue weighted by molar-refractivity contribution is 5.91. The Balaban J connectivity index is 2.32. The number of benzene rings is 1. The summed E-state index contributed by atoms with van der Waals surface area (Å²) in [5, 5.41) is 11.9. The standard InChI is InChI=1S/C12H11N3O2/c13-9-5-4-8(12(16)17)7-10(9)15-11-3-1-2-6-14-11/h1-7H,13H2,(H,14,15)(H,16,17). The van der Waals surface area contributed by atoms with Gasteiger partial charge in [0.05, 0.1) is 16.9 Å². The van der Waals surface area contributed by atoms with Gasteiger partial charge in [0.1, 0.15) is 5.82 Å². The lowest BCUT2D eigenvalue weighted by Gasteiger charge is -2.09. The Bertz CT molecular complexity index is 541. The molecule has 4 N–H and O–H groups in total. The van der Waals surface area contributed by atoms with Crippen molar-refractivity contribution in [3.05, 3.63) is 48.2 Å². The van der Waals surface area contributed by atoms with E-state index in [-0.39, 0.29) is 5.56 Å². The maximum Gasteiger partial charge on any atom is 0.335 e. The number of nitrogens with one attached hydrogen (secondary N) is 1. The summed E-state index contributed by atoms with van der Waals surface area (Å²) in [7, 11) is 0. The molecule has 0 bridgehead atoms. The minimum absolute atomic E-state index is 0.178. The summed E-state index contributed by atoms with van der Waals surface area (Å²) in [6.45, 7) is 0. The van der Waals surface area contributed by atoms with E-state index >= 15 is 0 Å². The Kier molecular flexibility index (Phi) is 2.91. The predicted molar refractivity (Wildman–Crippen MR) is 65.3 cm³/mol. The van der Waals surface area contributed by atoms with Crippen molar-refractivity contribution in [2.75, 3.05) is 11.1 Å². The zero-order valence-electron chi connectivity index (χ0n) is 8.92. The quantitative estimate of drug-likeness (QED) is 0.701. The van der Waals surface area contributed by atoms with E-state index in [1.54, 1.807) is 24.4 Å². The second-order valence-electron chi connectivity index (χ2n) is 3.45. The fraction of sp³-hybridized carbons (Fsp3) is 0. The fourth-order valence-corrected chi connectivity index (χ4v) is 1.37. The van der Waals surface area contributed by atoms with Gasteiger partial charge in [-0.3, -0.25) is 0 Å². The number of hydrogen-bond donors (Lipinski definition) is 3. The molecule has 0 saturated heterocycles. The molecule has 0 atom stereocenters. The molecule has 2 rings (SSSR count). The number of rotatable bonds is 3. The molecule has 2 aromatic rings. The number of pyridine rings is 1. The van der Waals surface area contributed by atoms with Gasteiger partial charge < -0.3 is 16.2 Å². The molecular formula is C12H11N3O2. The largest absolute Gasteiger partial charge is 0.478 e. The molecule has 0 saturated carbocycles. The van der Waals surface area contributed by atoms with Crippen molar-refractivity contribution < 1.29 is 9.90 Å². The maximum atomic E-state index is 10.8. The average Bonchev–Trinajstić information content (AvgIpc) is 2.33. The van der Waals surface area contributed by atoms with Crippen molar-refractivity contribution in [2.24, 2.45) is 0 Å². The highest BCUT2D eigenvalue weighted by Crippen LogP contribution is 2.23. The Morgan fingerprint density at radius 2 is 2.12 bits per heavy atom. The lowest BCUT2D eigenvalue weighted by molar-refractivity contribution is 0.0697. The van der Waals surface area contributed by atoms with Crippen molar-refractivity contribution in [1.82, 2.24) is 4.98 Å². The van der Waals surface area contributed by atoms with Crippen molar-refractivity contribution >= 4 is 23.2 Å². The molecule has 0 radical (unpaired) electrons. The van der Waals surface area contributed by atoms with Gasteiger partial charge in [-0.1, -0.05) is 6.07 Å². The molecule has 1 aromatic heterocycles. The third kappa shape index (κ3) is 2.52. The van der Waals surface area contributed by atoms with Crippen LogP contribution in [0.1, 0.15) is 10.4 Å². The van der Waals surface area contributed by atoms with Gasteiger partial charge in [-0.2, -0.15) is 0 Å². The van der Waals surface area contributed by atoms with E-state index in [0.717, 1.165) is 0 Å². The zero-order valence-corrected chi connectivity index (χ0v) is 8.92. The maximum absolute atomic E-state index is 10.8. The van der Waals surface area contributed by atoms with Crippen LogP contribution in [0.25, 0.3) is 0 Å². The summed E-state index contributed by atoms with van der Waals surface area (Å²) < 4.78 is 0. The van der Waals surface area contributed by atoms with Gasteiger partial charge in [0.25, 0.3) is 0 Å². The smallest absolute Gasteiger partial charge is 0.335 e. The predicted octanol–water partition coefficient (Wildman–Crippen LogP) is 2.11. The lowest BCUT2D eigenvalue weighted by Crippen LogP contribution is -2.02. The fourth-order valence-electron chi connectivity index (χ4n) is 1.37. The van der Waals surface area contributed by atoms with E-state index < -0.39 is 5.97 Å². The van der Waals surface area contributed by atoms with Crippen LogP contribution in [0.2, 0.25) is 0 Å². The number of carboxylic acid groups (broad SMARTS) is 1. The summed E-state index contributed by atoms with van der Waals surface area (Å²) in [5.41, 5.74) is 6.94. The number of aromatic carboxylic acids is 1. The van der Waals surface area contributed by atoms with Crippen molar-refractivity contribution in [3.8, 4) is 0 Å². The van der Waals surface area contributed by atoms with Crippen LogP contribution in [0.3, 0.4) is 0 Å². The number of nitrogens with zero attached hydrogens (tertiary/aromatic N) is 1. The van der Waals surface area contributed by atoms with Crippen LogP contribution in [0.5, 0.6) is 0 Å². The zero-order chi connectivity index (χ0) is 12.3. The Labute approximate surface area is 97.9 Å². The highest BCUT2D eigenvalue weighted by atomic mass is 16.4. The number of carbonyl (C=O) groups is 1. The topological polar surface area (TPSA) is 88.2 Å². The number of aromatic nitrogens is 1. The van der Waals surface area contributed by atoms with Gasteiger partial charge in [0.15, 0.2) is 0 Å². The molecule has 1 heterocycles. The van der Waals surface area contributed by atoms with Gasteiger partial charge in [-0.05, 0) is 30.3 Å². The number of hydrogen-bond acceptors (Lipinski definition) is 4. The molecule has 0 aliphatic heterocycles. The van der Waals surface area contributed by atoms with Gasteiger partial charge in [-0.15, -0.1) is 0 Å². The number of nitrogen functional groups attached to an aromatic ring is 1. The van der Waals surface area contributed by atoms with E-state index in [9.17, 15) is 4.79 Å². The van der Waals surface area contributed by atoms with E-state index in [2.05, 4.69) is 10.3 Å². The first-order valence-electron chi connectivity index (χ1n) is 4.97. The van der Waals surface area contributed by atoms with Crippen molar-refractivity contribution in [3.63, 3.8) is 0 Å². The lowest BCUT2D eigenvalue weighted by atomic mass is 10.1. The van der Waals surface area contributed by atoms with E-state index in [4.69, 9.17) is 10.8 Å². The Hall–Kier alpha value is -2.56. The second-order valence-corrected chi connectivity index (χ2v) is 3.45. The van der Waals surface area contributed by atoms with E-state index in [1.807, 2.05) is 6.07 Å². The normalized spacial score (nSPS) is 9.88. The number of nitrogens with two attached hydrogens (primary N) is 1. The summed E-state index contributed by atoms with van der Waals surface area (Å²) >= 11 is 0. The van der Waals surface area contributed by atoms with Crippen LogP contribution in [0.15, 0.2) is 42.6 Å². The number of carboxylic acids is 1. The second kappa shape index (κ2) is 4.52. The molecule has 0 unspecified atom stereocenters. The molecule has 0 aliphatic rings. The molecule has 86 valence electrons. The van der Waals surface area contributed by atoms with Crippen LogP contribution >= 0.6 is 0 Å². The van der Waals surface area contributed by atoms with Crippen LogP contribution in [-0.2, 0) is 0 Å². The van der Waals surface area contributed by atoms with Crippen LogP contribution in [-0.4, -0.2) is 16.1 Å². The first kappa shape index (κ1) is 10.9. The molecule has 0 spiro atoms. The van der Waals surface area contributed by atoms with Gasteiger partial charge in [0, 0.05) is 6.20 Å². The third-order valence-corrected chi connectivity index (χ3v) is 2.23. The van der Waals surface area contributed by atoms with Gasteiger partial charge in [0.2, 0.25) is 0 Å². The first-order valence-corrected chi connectivity index (χ1v) is 4.97. The molecule has 0 fully saturated rings. The van der Waals surface area contributed by atoms with Crippen molar-refractivity contribution in [2.45, 2.75) is 0 Å².